The first-order valence-electron chi connectivity index (χ1n) is 10.7. The topological polar surface area (TPSA) is 94.9 Å². The molecular weight excluding hydrogens is 400 g/mol. The lowest BCUT2D eigenvalue weighted by Crippen LogP contribution is -2.41. The number of amides is 1. The molecule has 5 rings (SSSR count). The summed E-state index contributed by atoms with van der Waals surface area (Å²) in [6.07, 6.45) is 4.67. The minimum Gasteiger partial charge on any atom is -0.491 e. The number of ether oxygens (including phenoxy) is 3. The fraction of sp³-hybridized carbons (Fsp3) is 0.500. The first-order chi connectivity index (χ1) is 15.0. The van der Waals surface area contributed by atoms with Gasteiger partial charge in [0.25, 0.3) is 0 Å². The van der Waals surface area contributed by atoms with E-state index in [1.807, 2.05) is 35.9 Å². The van der Waals surface area contributed by atoms with Crippen LogP contribution in [0.15, 0.2) is 24.4 Å². The van der Waals surface area contributed by atoms with Crippen LogP contribution in [-0.2, 0) is 20.8 Å². The van der Waals surface area contributed by atoms with Gasteiger partial charge in [0, 0.05) is 18.0 Å². The van der Waals surface area contributed by atoms with Gasteiger partial charge in [0.1, 0.15) is 30.8 Å². The molecule has 1 aliphatic carbocycles. The number of benzene rings is 1. The molecule has 9 nitrogen and oxygen atoms in total. The van der Waals surface area contributed by atoms with E-state index >= 15 is 0 Å². The highest BCUT2D eigenvalue weighted by molar-refractivity contribution is 5.89. The predicted octanol–water partition coefficient (Wildman–Crippen LogP) is 3.04. The molecule has 2 fully saturated rings. The third-order valence-electron chi connectivity index (χ3n) is 6.31. The molecule has 164 valence electrons. The molecule has 1 saturated carbocycles. The van der Waals surface area contributed by atoms with Crippen LogP contribution in [0.1, 0.15) is 26.2 Å². The van der Waals surface area contributed by atoms with Crippen molar-refractivity contribution >= 4 is 23.6 Å². The number of carbonyl (C=O) groups excluding carboxylic acids is 2. The number of anilines is 2. The molecule has 1 aromatic heterocycles. The highest BCUT2D eigenvalue weighted by Gasteiger charge is 2.35. The monoisotopic (exact) mass is 426 g/mol. The molecule has 3 aliphatic rings. The number of rotatable bonds is 5. The number of carbonyl (C=O) groups is 2. The van der Waals surface area contributed by atoms with Crippen LogP contribution in [0.2, 0.25) is 0 Å². The van der Waals surface area contributed by atoms with Crippen molar-refractivity contribution in [3.63, 3.8) is 0 Å². The quantitative estimate of drug-likeness (QED) is 0.734. The van der Waals surface area contributed by atoms with Crippen LogP contribution in [0.5, 0.6) is 5.75 Å². The number of fused-ring (bicyclic) bond motifs is 3. The van der Waals surface area contributed by atoms with Gasteiger partial charge in [0.2, 0.25) is 0 Å². The van der Waals surface area contributed by atoms with Gasteiger partial charge in [-0.2, -0.15) is 0 Å². The van der Waals surface area contributed by atoms with Crippen LogP contribution in [0.4, 0.5) is 16.3 Å². The second-order valence-electron chi connectivity index (χ2n) is 8.31. The van der Waals surface area contributed by atoms with Crippen molar-refractivity contribution in [1.82, 2.24) is 9.55 Å². The summed E-state index contributed by atoms with van der Waals surface area (Å²) in [4.78, 5) is 30.7. The van der Waals surface area contributed by atoms with Gasteiger partial charge in [0.15, 0.2) is 5.82 Å². The molecule has 0 radical (unpaired) electrons. The molecule has 0 spiro atoms. The minimum absolute atomic E-state index is 0.0595. The summed E-state index contributed by atoms with van der Waals surface area (Å²) in [5, 5.41) is 3.34. The Morgan fingerprint density at radius 3 is 2.84 bits per heavy atom. The summed E-state index contributed by atoms with van der Waals surface area (Å²) in [5.41, 5.74) is 1.64. The van der Waals surface area contributed by atoms with E-state index in [0.29, 0.717) is 31.3 Å². The Labute approximate surface area is 180 Å². The second kappa shape index (κ2) is 7.79. The lowest BCUT2D eigenvalue weighted by Gasteiger charge is -2.33. The maximum atomic E-state index is 12.3. The van der Waals surface area contributed by atoms with Gasteiger partial charge < -0.3 is 24.1 Å². The van der Waals surface area contributed by atoms with Crippen molar-refractivity contribution < 1.29 is 23.8 Å². The van der Waals surface area contributed by atoms with Gasteiger partial charge in [-0.05, 0) is 37.8 Å². The lowest BCUT2D eigenvalue weighted by molar-refractivity contribution is -0.143. The van der Waals surface area contributed by atoms with E-state index in [9.17, 15) is 9.59 Å². The Balaban J connectivity index is 1.44. The molecule has 1 saturated heterocycles. The summed E-state index contributed by atoms with van der Waals surface area (Å²) < 4.78 is 18.1. The number of hydrogen-bond acceptors (Lipinski definition) is 7. The molecular formula is C22H26N4O5. The summed E-state index contributed by atoms with van der Waals surface area (Å²) in [7, 11) is 1.42. The number of hydrogen-bond donors (Lipinski definition) is 1. The van der Waals surface area contributed by atoms with Crippen molar-refractivity contribution in [3.8, 4) is 17.1 Å². The van der Waals surface area contributed by atoms with Crippen molar-refractivity contribution in [1.29, 1.82) is 0 Å². The molecule has 1 amide bonds. The zero-order valence-corrected chi connectivity index (χ0v) is 17.7. The molecule has 9 heteroatoms. The number of cyclic esters (lactones) is 1. The van der Waals surface area contributed by atoms with Crippen molar-refractivity contribution in [2.45, 2.75) is 44.8 Å². The summed E-state index contributed by atoms with van der Waals surface area (Å²) in [6, 6.07) is 5.34. The van der Waals surface area contributed by atoms with Crippen LogP contribution >= 0.6 is 0 Å². The van der Waals surface area contributed by atoms with Crippen LogP contribution in [0.3, 0.4) is 0 Å². The van der Waals surface area contributed by atoms with E-state index < -0.39 is 0 Å². The Morgan fingerprint density at radius 1 is 1.32 bits per heavy atom. The number of nitrogens with zero attached hydrogens (tertiary/aromatic N) is 3. The molecule has 0 bridgehead atoms. The zero-order chi connectivity index (χ0) is 21.5. The van der Waals surface area contributed by atoms with Crippen LogP contribution in [0.25, 0.3) is 11.4 Å². The van der Waals surface area contributed by atoms with E-state index in [1.54, 1.807) is 4.90 Å². The highest BCUT2D eigenvalue weighted by atomic mass is 16.6. The largest absolute Gasteiger partial charge is 0.491 e. The Bertz CT molecular complexity index is 1020. The molecule has 3 heterocycles. The lowest BCUT2D eigenvalue weighted by atomic mass is 9.79. The van der Waals surface area contributed by atoms with Crippen molar-refractivity contribution in [2.24, 2.45) is 5.92 Å². The number of nitrogens with one attached hydrogen (secondary N) is 1. The average molecular weight is 426 g/mol. The third-order valence-corrected chi connectivity index (χ3v) is 6.31. The molecule has 1 aromatic carbocycles. The van der Waals surface area contributed by atoms with Crippen LogP contribution in [0, 0.1) is 5.92 Å². The van der Waals surface area contributed by atoms with Gasteiger partial charge in [-0.15, -0.1) is 0 Å². The normalized spacial score (nSPS) is 21.2. The predicted molar refractivity (Wildman–Crippen MR) is 113 cm³/mol. The first-order valence-corrected chi connectivity index (χ1v) is 10.7. The van der Waals surface area contributed by atoms with Gasteiger partial charge in [-0.25, -0.2) is 14.6 Å². The molecule has 31 heavy (non-hydrogen) atoms. The summed E-state index contributed by atoms with van der Waals surface area (Å²) in [5.74, 6) is 2.05. The fourth-order valence-corrected chi connectivity index (χ4v) is 4.36. The zero-order valence-electron chi connectivity index (χ0n) is 17.7. The SMILES string of the molecule is COC(=O)[C@@H](Nc1ccc2c(c1)OCCn1cc(N3C(=O)OC[C@H]3C)nc1-2)C1CCC1. The van der Waals surface area contributed by atoms with Crippen molar-refractivity contribution in [3.05, 3.63) is 24.4 Å². The van der Waals surface area contributed by atoms with Gasteiger partial charge >= 0.3 is 12.1 Å². The summed E-state index contributed by atoms with van der Waals surface area (Å²) >= 11 is 0. The van der Waals surface area contributed by atoms with E-state index in [1.165, 1.54) is 7.11 Å². The third kappa shape index (κ3) is 3.47. The number of aromatic nitrogens is 2. The minimum atomic E-state index is -0.373. The van der Waals surface area contributed by atoms with Gasteiger partial charge in [0.05, 0.1) is 25.3 Å². The molecule has 0 unspecified atom stereocenters. The highest BCUT2D eigenvalue weighted by Crippen LogP contribution is 2.38. The Morgan fingerprint density at radius 2 is 2.16 bits per heavy atom. The van der Waals surface area contributed by atoms with Gasteiger partial charge in [-0.1, -0.05) is 6.42 Å². The molecule has 2 aliphatic heterocycles. The number of esters is 1. The molecule has 2 atom stereocenters. The van der Waals surface area contributed by atoms with E-state index in [2.05, 4.69) is 5.32 Å². The maximum Gasteiger partial charge on any atom is 0.415 e. The first kappa shape index (κ1) is 19.7. The molecule has 1 N–H and O–H groups in total. The number of imidazole rings is 1. The van der Waals surface area contributed by atoms with Gasteiger partial charge in [-0.3, -0.25) is 4.90 Å². The fourth-order valence-electron chi connectivity index (χ4n) is 4.36. The molecule has 2 aromatic rings. The van der Waals surface area contributed by atoms with E-state index in [-0.39, 0.29) is 30.1 Å². The van der Waals surface area contributed by atoms with Crippen molar-refractivity contribution in [2.75, 3.05) is 30.5 Å². The van der Waals surface area contributed by atoms with Crippen LogP contribution in [-0.4, -0.2) is 54.0 Å². The maximum absolute atomic E-state index is 12.3. The summed E-state index contributed by atoms with van der Waals surface area (Å²) in [6.45, 7) is 3.38. The van der Waals surface area contributed by atoms with E-state index in [4.69, 9.17) is 19.2 Å². The second-order valence-corrected chi connectivity index (χ2v) is 8.31. The van der Waals surface area contributed by atoms with Crippen LogP contribution < -0.4 is 15.0 Å². The van der Waals surface area contributed by atoms with E-state index in [0.717, 1.165) is 36.3 Å². The smallest absolute Gasteiger partial charge is 0.415 e. The average Bonchev–Trinajstić information content (AvgIpc) is 3.23. The Hall–Kier alpha value is -3.23. The Kier molecular flexibility index (Phi) is 4.95. The standard InChI is InChI=1S/C22H26N4O5/c1-13-12-31-22(28)26(13)18-11-25-8-9-30-17-10-15(6-7-16(17)20(25)24-18)23-19(21(27)29-2)14-4-3-5-14/h6-7,10-11,13-14,19,23H,3-5,8-9,12H2,1-2H3/t13-,19+/m1/s1. The number of methoxy groups -OCH3 is 1.